The number of carbonyl (C=O) groups excluding carboxylic acids is 4. The van der Waals surface area contributed by atoms with Gasteiger partial charge in [0.2, 0.25) is 0 Å². The largest absolute Gasteiger partial charge is 0.472 e. The van der Waals surface area contributed by atoms with E-state index in [0.29, 0.717) is 31.6 Å². The van der Waals surface area contributed by atoms with Crippen molar-refractivity contribution in [2.24, 2.45) is 17.8 Å². The van der Waals surface area contributed by atoms with Gasteiger partial charge in [0.15, 0.2) is 12.2 Å². The Kier molecular flexibility index (Phi) is 56.9. The zero-order chi connectivity index (χ0) is 63.8. The molecule has 0 amide bonds. The Bertz CT molecular complexity index is 1700. The number of phosphoric ester groups is 2. The van der Waals surface area contributed by atoms with Crippen LogP contribution in [0.2, 0.25) is 0 Å². The Morgan fingerprint density at radius 3 is 0.884 bits per heavy atom. The van der Waals surface area contributed by atoms with Crippen LogP contribution in [0.25, 0.3) is 0 Å². The van der Waals surface area contributed by atoms with E-state index in [9.17, 15) is 43.2 Å². The lowest BCUT2D eigenvalue weighted by Gasteiger charge is -2.21. The van der Waals surface area contributed by atoms with Gasteiger partial charge in [0.05, 0.1) is 26.4 Å². The van der Waals surface area contributed by atoms with E-state index < -0.39 is 97.5 Å². The van der Waals surface area contributed by atoms with E-state index in [2.05, 4.69) is 48.5 Å². The van der Waals surface area contributed by atoms with Crippen molar-refractivity contribution in [1.82, 2.24) is 0 Å². The standard InChI is InChI=1S/C67H130O17P2/c1-8-11-12-13-14-26-34-41-48-64(69)77-55-63(84-67(72)51-44-37-30-29-33-40-47-60(7)10-3)57-82-86(75,76)80-53-61(68)52-79-85(73,74)81-56-62(54-78-65(70)49-42-35-28-23-24-31-38-45-58(4)5)83-66(71)50-43-36-27-22-20-18-16-15-17-19-21-25-32-39-46-59(6)9-2/h58-63,68H,8-57H2,1-7H3,(H,73,74)(H,75,76)/t59?,60?,61-,62-,63-/m1/s1. The number of unbranched alkanes of at least 4 members (excludes halogenated alkanes) is 31. The van der Waals surface area contributed by atoms with Crippen LogP contribution in [0.15, 0.2) is 0 Å². The molecule has 0 aromatic rings. The van der Waals surface area contributed by atoms with Gasteiger partial charge in [0, 0.05) is 25.7 Å². The third-order valence-electron chi connectivity index (χ3n) is 16.1. The average molecular weight is 1270 g/mol. The Morgan fingerprint density at radius 2 is 0.593 bits per heavy atom. The van der Waals surface area contributed by atoms with E-state index in [1.165, 1.54) is 128 Å². The maximum atomic E-state index is 13.0. The van der Waals surface area contributed by atoms with Crippen LogP contribution >= 0.6 is 15.6 Å². The highest BCUT2D eigenvalue weighted by Crippen LogP contribution is 2.45. The molecule has 0 spiro atoms. The summed E-state index contributed by atoms with van der Waals surface area (Å²) in [7, 11) is -9.89. The molecule has 0 rings (SSSR count). The quantitative estimate of drug-likeness (QED) is 0.0222. The van der Waals surface area contributed by atoms with Gasteiger partial charge < -0.3 is 33.8 Å². The highest BCUT2D eigenvalue weighted by atomic mass is 31.2. The Labute approximate surface area is 524 Å². The molecule has 0 aliphatic carbocycles. The number of phosphoric acid groups is 2. The number of hydrogen-bond donors (Lipinski definition) is 3. The molecule has 0 heterocycles. The van der Waals surface area contributed by atoms with Crippen molar-refractivity contribution in [3.63, 3.8) is 0 Å². The van der Waals surface area contributed by atoms with E-state index >= 15 is 0 Å². The molecule has 0 aliphatic rings. The minimum absolute atomic E-state index is 0.102. The summed E-state index contributed by atoms with van der Waals surface area (Å²) in [6.45, 7) is 11.7. The van der Waals surface area contributed by atoms with Gasteiger partial charge >= 0.3 is 39.5 Å². The van der Waals surface area contributed by atoms with Crippen molar-refractivity contribution in [2.75, 3.05) is 39.6 Å². The lowest BCUT2D eigenvalue weighted by Crippen LogP contribution is -2.30. The molecule has 3 N–H and O–H groups in total. The number of aliphatic hydroxyl groups is 1. The van der Waals surface area contributed by atoms with Crippen LogP contribution in [-0.2, 0) is 65.4 Å². The first-order chi connectivity index (χ1) is 41.3. The summed E-state index contributed by atoms with van der Waals surface area (Å²) < 4.78 is 68.0. The second kappa shape index (κ2) is 58.2. The molecule has 0 saturated heterocycles. The number of ether oxygens (including phenoxy) is 4. The van der Waals surface area contributed by atoms with E-state index in [0.717, 1.165) is 115 Å². The highest BCUT2D eigenvalue weighted by Gasteiger charge is 2.30. The van der Waals surface area contributed by atoms with E-state index in [1.54, 1.807) is 0 Å². The number of aliphatic hydroxyl groups excluding tert-OH is 1. The number of carbonyl (C=O) groups is 4. The molecule has 510 valence electrons. The van der Waals surface area contributed by atoms with Gasteiger partial charge in [-0.15, -0.1) is 0 Å². The van der Waals surface area contributed by atoms with E-state index in [-0.39, 0.29) is 25.7 Å². The van der Waals surface area contributed by atoms with Crippen LogP contribution in [-0.4, -0.2) is 96.7 Å². The third kappa shape index (κ3) is 58.4. The van der Waals surface area contributed by atoms with Crippen LogP contribution in [0, 0.1) is 17.8 Å². The first kappa shape index (κ1) is 84.1. The first-order valence-corrected chi connectivity index (χ1v) is 37.9. The van der Waals surface area contributed by atoms with Crippen LogP contribution < -0.4 is 0 Å². The predicted molar refractivity (Wildman–Crippen MR) is 344 cm³/mol. The van der Waals surface area contributed by atoms with Crippen molar-refractivity contribution in [1.29, 1.82) is 0 Å². The van der Waals surface area contributed by atoms with Gasteiger partial charge in [-0.25, -0.2) is 9.13 Å². The minimum Gasteiger partial charge on any atom is -0.462 e. The average Bonchev–Trinajstić information content (AvgIpc) is 3.58. The second-order valence-electron chi connectivity index (χ2n) is 25.2. The van der Waals surface area contributed by atoms with Crippen molar-refractivity contribution in [3.8, 4) is 0 Å². The minimum atomic E-state index is -4.95. The van der Waals surface area contributed by atoms with Gasteiger partial charge in [-0.05, 0) is 43.4 Å². The summed E-state index contributed by atoms with van der Waals surface area (Å²) in [5, 5.41) is 10.5. The van der Waals surface area contributed by atoms with Crippen LogP contribution in [0.4, 0.5) is 0 Å². The third-order valence-corrected chi connectivity index (χ3v) is 18.0. The molecule has 0 bridgehead atoms. The summed E-state index contributed by atoms with van der Waals surface area (Å²) >= 11 is 0. The van der Waals surface area contributed by atoms with Crippen LogP contribution in [0.5, 0.6) is 0 Å². The highest BCUT2D eigenvalue weighted by molar-refractivity contribution is 7.47. The zero-order valence-electron chi connectivity index (χ0n) is 55.8. The molecule has 86 heavy (non-hydrogen) atoms. The lowest BCUT2D eigenvalue weighted by atomic mass is 9.99. The molecular weight excluding hydrogens is 1140 g/mol. The molecule has 0 saturated carbocycles. The summed E-state index contributed by atoms with van der Waals surface area (Å²) in [4.78, 5) is 72.2. The Balaban J connectivity index is 5.19. The van der Waals surface area contributed by atoms with Gasteiger partial charge in [-0.2, -0.15) is 0 Å². The molecule has 7 atom stereocenters. The number of rotatable bonds is 65. The smallest absolute Gasteiger partial charge is 0.462 e. The summed E-state index contributed by atoms with van der Waals surface area (Å²) in [6.07, 6.45) is 40.5. The van der Waals surface area contributed by atoms with E-state index in [1.807, 2.05) is 0 Å². The van der Waals surface area contributed by atoms with Gasteiger partial charge in [0.25, 0.3) is 0 Å². The predicted octanol–water partition coefficient (Wildman–Crippen LogP) is 18.7. The molecule has 0 radical (unpaired) electrons. The van der Waals surface area contributed by atoms with E-state index in [4.69, 9.17) is 37.0 Å². The summed E-state index contributed by atoms with van der Waals surface area (Å²) in [5.74, 6) is 0.134. The fourth-order valence-corrected chi connectivity index (χ4v) is 11.5. The fourth-order valence-electron chi connectivity index (χ4n) is 9.95. The Hall–Kier alpha value is -1.94. The second-order valence-corrected chi connectivity index (χ2v) is 28.1. The Morgan fingerprint density at radius 1 is 0.337 bits per heavy atom. The topological polar surface area (TPSA) is 237 Å². The normalized spacial score (nSPS) is 14.9. The van der Waals surface area contributed by atoms with Gasteiger partial charge in [-0.1, -0.05) is 280 Å². The summed E-state index contributed by atoms with van der Waals surface area (Å²) in [6, 6.07) is 0. The van der Waals surface area contributed by atoms with Crippen molar-refractivity contribution >= 4 is 39.5 Å². The van der Waals surface area contributed by atoms with Crippen LogP contribution in [0.3, 0.4) is 0 Å². The van der Waals surface area contributed by atoms with Crippen molar-refractivity contribution in [3.05, 3.63) is 0 Å². The molecule has 0 aromatic carbocycles. The first-order valence-electron chi connectivity index (χ1n) is 34.9. The molecule has 0 aliphatic heterocycles. The van der Waals surface area contributed by atoms with Crippen LogP contribution in [0.1, 0.15) is 331 Å². The van der Waals surface area contributed by atoms with Crippen molar-refractivity contribution in [2.45, 2.75) is 349 Å². The molecule has 0 aromatic heterocycles. The maximum Gasteiger partial charge on any atom is 0.472 e. The monoisotopic (exact) mass is 1270 g/mol. The van der Waals surface area contributed by atoms with Crippen molar-refractivity contribution < 1.29 is 80.2 Å². The molecule has 0 fully saturated rings. The SMILES string of the molecule is CCCCCCCCCCC(=O)OC[C@H](COP(=O)(O)OC[C@H](O)COP(=O)(O)OC[C@@H](COC(=O)CCCCCCCCCC(C)C)OC(=O)CCCCCCCCCCCCCCCCC(C)CC)OC(=O)CCCCCCCCC(C)CC. The molecule has 19 heteroatoms. The number of esters is 4. The lowest BCUT2D eigenvalue weighted by molar-refractivity contribution is -0.161. The van der Waals surface area contributed by atoms with Gasteiger partial charge in [0.1, 0.15) is 19.3 Å². The van der Waals surface area contributed by atoms with Gasteiger partial charge in [-0.3, -0.25) is 37.3 Å². The molecule has 17 nitrogen and oxygen atoms in total. The zero-order valence-corrected chi connectivity index (χ0v) is 57.6. The molecule has 4 unspecified atom stereocenters. The number of hydrogen-bond acceptors (Lipinski definition) is 15. The molecular formula is C67H130O17P2. The summed E-state index contributed by atoms with van der Waals surface area (Å²) in [5.41, 5.74) is 0. The fraction of sp³-hybridized carbons (Fsp3) is 0.940. The maximum absolute atomic E-state index is 13.0.